The van der Waals surface area contributed by atoms with Crippen molar-refractivity contribution in [2.45, 2.75) is 18.9 Å². The Morgan fingerprint density at radius 3 is 2.61 bits per heavy atom. The summed E-state index contributed by atoms with van der Waals surface area (Å²) in [6, 6.07) is 4.44. The maximum Gasteiger partial charge on any atom is 0.327 e. The van der Waals surface area contributed by atoms with Crippen LogP contribution in [0.25, 0.3) is 0 Å². The molecule has 1 aromatic rings. The van der Waals surface area contributed by atoms with E-state index in [-0.39, 0.29) is 18.1 Å². The Labute approximate surface area is 131 Å². The minimum Gasteiger partial charge on any atom is -0.325 e. The molecule has 2 heterocycles. The van der Waals surface area contributed by atoms with E-state index >= 15 is 0 Å². The van der Waals surface area contributed by atoms with Crippen molar-refractivity contribution in [2.75, 3.05) is 18.4 Å². The minimum absolute atomic E-state index is 0.0893. The average Bonchev–Trinajstić information content (AvgIpc) is 3.08. The third-order valence-corrected chi connectivity index (χ3v) is 3.94. The number of carbonyl (C=O) groups excluding carboxylic acids is 3. The Kier molecular flexibility index (Phi) is 3.68. The number of anilines is 1. The normalized spacial score (nSPS) is 19.9. The van der Waals surface area contributed by atoms with E-state index in [1.807, 2.05) is 0 Å². The molecule has 0 spiro atoms. The second kappa shape index (κ2) is 5.67. The van der Waals surface area contributed by atoms with Crippen LogP contribution in [-0.2, 0) is 9.59 Å². The summed E-state index contributed by atoms with van der Waals surface area (Å²) in [5.74, 6) is -0.868. The number of carbonyl (C=O) groups is 3. The van der Waals surface area contributed by atoms with E-state index in [1.54, 1.807) is 0 Å². The number of imide groups is 1. The summed E-state index contributed by atoms with van der Waals surface area (Å²) in [7, 11) is 0. The SMILES string of the molecule is O=C(CN1C(=O)[C@H]2CCCN2C1=O)Nc1ccc([N+](=O)[O-])cc1. The fraction of sp³-hybridized carbons (Fsp3) is 0.357. The van der Waals surface area contributed by atoms with Crippen molar-refractivity contribution in [3.8, 4) is 0 Å². The van der Waals surface area contributed by atoms with Gasteiger partial charge in [0.15, 0.2) is 0 Å². The fourth-order valence-electron chi connectivity index (χ4n) is 2.84. The van der Waals surface area contributed by atoms with Crippen molar-refractivity contribution in [3.05, 3.63) is 34.4 Å². The van der Waals surface area contributed by atoms with Crippen LogP contribution in [0.5, 0.6) is 0 Å². The molecule has 9 heteroatoms. The number of nitrogens with zero attached hydrogens (tertiary/aromatic N) is 3. The monoisotopic (exact) mass is 318 g/mol. The minimum atomic E-state index is -0.541. The summed E-state index contributed by atoms with van der Waals surface area (Å²) < 4.78 is 0. The lowest BCUT2D eigenvalue weighted by Gasteiger charge is -2.15. The van der Waals surface area contributed by atoms with Gasteiger partial charge in [-0.15, -0.1) is 0 Å². The summed E-state index contributed by atoms with van der Waals surface area (Å²) in [5, 5.41) is 13.1. The lowest BCUT2D eigenvalue weighted by Crippen LogP contribution is -2.39. The summed E-state index contributed by atoms with van der Waals surface area (Å²) in [6.07, 6.45) is 1.43. The molecule has 1 atom stereocenters. The van der Waals surface area contributed by atoms with Gasteiger partial charge >= 0.3 is 6.03 Å². The van der Waals surface area contributed by atoms with Crippen LogP contribution >= 0.6 is 0 Å². The van der Waals surface area contributed by atoms with Gasteiger partial charge in [0, 0.05) is 24.4 Å². The number of nitro groups is 1. The molecule has 1 N–H and O–H groups in total. The van der Waals surface area contributed by atoms with Crippen LogP contribution in [0.3, 0.4) is 0 Å². The quantitative estimate of drug-likeness (QED) is 0.504. The number of hydrogen-bond acceptors (Lipinski definition) is 5. The van der Waals surface area contributed by atoms with Crippen LogP contribution in [-0.4, -0.2) is 51.7 Å². The number of rotatable bonds is 4. The molecule has 1 aromatic carbocycles. The number of amides is 4. The van der Waals surface area contributed by atoms with Gasteiger partial charge in [0.05, 0.1) is 4.92 Å². The van der Waals surface area contributed by atoms with E-state index in [2.05, 4.69) is 5.32 Å². The molecule has 0 bridgehead atoms. The Bertz CT molecular complexity index is 665. The lowest BCUT2D eigenvalue weighted by atomic mass is 10.2. The molecule has 0 aromatic heterocycles. The molecular formula is C14H14N4O5. The molecule has 9 nitrogen and oxygen atoms in total. The standard InChI is InChI=1S/C14H14N4O5/c19-12(15-9-3-5-10(6-4-9)18(22)23)8-17-13(20)11-2-1-7-16(11)14(17)21/h3-6,11H,1-2,7-8H2,(H,15,19)/t11-/m1/s1. The maximum atomic E-state index is 12.1. The van der Waals surface area contributed by atoms with Crippen molar-refractivity contribution in [1.29, 1.82) is 0 Å². The van der Waals surface area contributed by atoms with E-state index in [0.717, 1.165) is 11.3 Å². The predicted octanol–water partition coefficient (Wildman–Crippen LogP) is 0.960. The van der Waals surface area contributed by atoms with Crippen LogP contribution in [0.15, 0.2) is 24.3 Å². The fourth-order valence-corrected chi connectivity index (χ4v) is 2.84. The first kappa shape index (κ1) is 14.9. The number of hydrogen-bond donors (Lipinski definition) is 1. The molecule has 4 amide bonds. The summed E-state index contributed by atoms with van der Waals surface area (Å²) in [4.78, 5) is 48.6. The highest BCUT2D eigenvalue weighted by Gasteiger charge is 2.47. The topological polar surface area (TPSA) is 113 Å². The smallest absolute Gasteiger partial charge is 0.325 e. The van der Waals surface area contributed by atoms with Gasteiger partial charge in [-0.1, -0.05) is 0 Å². The zero-order valence-electron chi connectivity index (χ0n) is 12.1. The van der Waals surface area contributed by atoms with E-state index < -0.39 is 22.9 Å². The largest absolute Gasteiger partial charge is 0.327 e. The second-order valence-corrected chi connectivity index (χ2v) is 5.41. The molecule has 3 rings (SSSR count). The lowest BCUT2D eigenvalue weighted by molar-refractivity contribution is -0.384. The van der Waals surface area contributed by atoms with Gasteiger partial charge < -0.3 is 10.2 Å². The molecule has 2 fully saturated rings. The maximum absolute atomic E-state index is 12.1. The molecule has 2 aliphatic rings. The van der Waals surface area contributed by atoms with Crippen molar-refractivity contribution < 1.29 is 19.3 Å². The first-order valence-electron chi connectivity index (χ1n) is 7.13. The number of nitrogens with one attached hydrogen (secondary N) is 1. The van der Waals surface area contributed by atoms with Gasteiger partial charge in [0.25, 0.3) is 11.6 Å². The third-order valence-electron chi connectivity index (χ3n) is 3.94. The molecule has 2 aliphatic heterocycles. The van der Waals surface area contributed by atoms with Crippen LogP contribution < -0.4 is 5.32 Å². The third kappa shape index (κ3) is 2.72. The van der Waals surface area contributed by atoms with Crippen LogP contribution in [0, 0.1) is 10.1 Å². The highest BCUT2D eigenvalue weighted by atomic mass is 16.6. The number of non-ortho nitro benzene ring substituents is 1. The summed E-state index contributed by atoms with van der Waals surface area (Å²) >= 11 is 0. The molecule has 120 valence electrons. The average molecular weight is 318 g/mol. The first-order valence-corrected chi connectivity index (χ1v) is 7.13. The molecule has 2 saturated heterocycles. The Morgan fingerprint density at radius 1 is 1.30 bits per heavy atom. The molecule has 0 unspecified atom stereocenters. The van der Waals surface area contributed by atoms with E-state index in [4.69, 9.17) is 0 Å². The predicted molar refractivity (Wildman–Crippen MR) is 78.6 cm³/mol. The van der Waals surface area contributed by atoms with E-state index in [9.17, 15) is 24.5 Å². The number of nitro benzene ring substituents is 1. The number of urea groups is 1. The van der Waals surface area contributed by atoms with Crippen molar-refractivity contribution in [1.82, 2.24) is 9.80 Å². The van der Waals surface area contributed by atoms with Gasteiger partial charge in [0.2, 0.25) is 5.91 Å². The van der Waals surface area contributed by atoms with E-state index in [0.29, 0.717) is 18.7 Å². The van der Waals surface area contributed by atoms with Crippen molar-refractivity contribution >= 4 is 29.2 Å². The van der Waals surface area contributed by atoms with Crippen molar-refractivity contribution in [2.24, 2.45) is 0 Å². The van der Waals surface area contributed by atoms with Gasteiger partial charge in [-0.25, -0.2) is 4.79 Å². The highest BCUT2D eigenvalue weighted by Crippen LogP contribution is 2.27. The van der Waals surface area contributed by atoms with Crippen molar-refractivity contribution in [3.63, 3.8) is 0 Å². The first-order chi connectivity index (χ1) is 11.0. The van der Waals surface area contributed by atoms with E-state index in [1.165, 1.54) is 29.2 Å². The Morgan fingerprint density at radius 2 is 2.00 bits per heavy atom. The molecule has 23 heavy (non-hydrogen) atoms. The number of benzene rings is 1. The van der Waals surface area contributed by atoms with Crippen LogP contribution in [0.2, 0.25) is 0 Å². The molecule has 0 saturated carbocycles. The summed E-state index contributed by atoms with van der Waals surface area (Å²) in [6.45, 7) is 0.178. The zero-order chi connectivity index (χ0) is 16.6. The Balaban J connectivity index is 1.62. The van der Waals surface area contributed by atoms with Crippen LogP contribution in [0.4, 0.5) is 16.2 Å². The van der Waals surface area contributed by atoms with Gasteiger partial charge in [-0.3, -0.25) is 24.6 Å². The molecule has 0 radical (unpaired) electrons. The van der Waals surface area contributed by atoms with Gasteiger partial charge in [-0.2, -0.15) is 0 Å². The summed E-state index contributed by atoms with van der Waals surface area (Å²) in [5.41, 5.74) is 0.272. The zero-order valence-corrected chi connectivity index (χ0v) is 12.1. The van der Waals surface area contributed by atoms with Gasteiger partial charge in [0.1, 0.15) is 12.6 Å². The highest BCUT2D eigenvalue weighted by molar-refractivity contribution is 6.08. The van der Waals surface area contributed by atoms with Gasteiger partial charge in [-0.05, 0) is 25.0 Å². The van der Waals surface area contributed by atoms with Crippen LogP contribution in [0.1, 0.15) is 12.8 Å². The molecule has 0 aliphatic carbocycles. The Hall–Kier alpha value is -2.97. The number of fused-ring (bicyclic) bond motifs is 1. The second-order valence-electron chi connectivity index (χ2n) is 5.41. The molecular weight excluding hydrogens is 304 g/mol.